The zero-order valence-electron chi connectivity index (χ0n) is 16.7. The predicted molar refractivity (Wildman–Crippen MR) is 122 cm³/mol. The predicted octanol–water partition coefficient (Wildman–Crippen LogP) is 5.07. The highest BCUT2D eigenvalue weighted by molar-refractivity contribution is 9.10. The number of ether oxygens (including phenoxy) is 1. The maximum absolute atomic E-state index is 12.7. The van der Waals surface area contributed by atoms with Gasteiger partial charge in [-0.1, -0.05) is 42.5 Å². The van der Waals surface area contributed by atoms with Crippen LogP contribution in [0, 0.1) is 0 Å². The van der Waals surface area contributed by atoms with Crippen molar-refractivity contribution < 1.29 is 14.3 Å². The smallest absolute Gasteiger partial charge is 0.255 e. The molecule has 0 atom stereocenters. The van der Waals surface area contributed by atoms with E-state index in [1.807, 2.05) is 25.1 Å². The summed E-state index contributed by atoms with van der Waals surface area (Å²) in [7, 11) is 0. The second kappa shape index (κ2) is 10.6. The molecule has 0 aromatic heterocycles. The minimum atomic E-state index is -0.303. The molecule has 0 heterocycles. The number of amides is 2. The molecule has 2 N–H and O–H groups in total. The third-order valence-corrected chi connectivity index (χ3v) is 5.06. The van der Waals surface area contributed by atoms with Gasteiger partial charge in [-0.25, -0.2) is 0 Å². The standard InChI is InChI=1S/C24H23BrN2O3/c1-2-26-24(29)19-10-6-7-11-21(19)27-23(28)18-12-13-22(20(25)16-18)30-15-14-17-8-4-3-5-9-17/h3-13,16H,2,14-15H2,1H3,(H,26,29)(H,27,28). The first-order chi connectivity index (χ1) is 14.6. The van der Waals surface area contributed by atoms with Crippen molar-refractivity contribution in [1.29, 1.82) is 0 Å². The Balaban J connectivity index is 1.65. The monoisotopic (exact) mass is 466 g/mol. The van der Waals surface area contributed by atoms with Crippen molar-refractivity contribution in [3.05, 3.63) is 94.0 Å². The van der Waals surface area contributed by atoms with Crippen LogP contribution in [0.2, 0.25) is 0 Å². The summed E-state index contributed by atoms with van der Waals surface area (Å²) in [5.74, 6) is 0.144. The fraction of sp³-hybridized carbons (Fsp3) is 0.167. The van der Waals surface area contributed by atoms with Gasteiger partial charge in [0.05, 0.1) is 22.3 Å². The molecule has 0 saturated heterocycles. The lowest BCUT2D eigenvalue weighted by Crippen LogP contribution is -2.24. The average Bonchev–Trinajstić information content (AvgIpc) is 2.76. The second-order valence-electron chi connectivity index (χ2n) is 6.59. The van der Waals surface area contributed by atoms with E-state index in [-0.39, 0.29) is 11.8 Å². The van der Waals surface area contributed by atoms with E-state index in [1.165, 1.54) is 5.56 Å². The van der Waals surface area contributed by atoms with E-state index >= 15 is 0 Å². The number of carbonyl (C=O) groups is 2. The molecule has 3 rings (SSSR count). The van der Waals surface area contributed by atoms with Gasteiger partial charge < -0.3 is 15.4 Å². The summed E-state index contributed by atoms with van der Waals surface area (Å²) >= 11 is 3.48. The Morgan fingerprint density at radius 1 is 0.933 bits per heavy atom. The molecule has 2 amide bonds. The van der Waals surface area contributed by atoms with Gasteiger partial charge in [-0.05, 0) is 58.7 Å². The van der Waals surface area contributed by atoms with Crippen molar-refractivity contribution in [3.8, 4) is 5.75 Å². The van der Waals surface area contributed by atoms with Gasteiger partial charge in [0.25, 0.3) is 11.8 Å². The second-order valence-corrected chi connectivity index (χ2v) is 7.44. The van der Waals surface area contributed by atoms with Gasteiger partial charge in [-0.2, -0.15) is 0 Å². The van der Waals surface area contributed by atoms with Crippen molar-refractivity contribution in [2.45, 2.75) is 13.3 Å². The molecule has 0 aliphatic heterocycles. The van der Waals surface area contributed by atoms with Crippen molar-refractivity contribution in [1.82, 2.24) is 5.32 Å². The van der Waals surface area contributed by atoms with E-state index in [0.717, 1.165) is 6.42 Å². The molecule has 3 aromatic rings. The summed E-state index contributed by atoms with van der Waals surface area (Å²) in [4.78, 5) is 24.9. The van der Waals surface area contributed by atoms with Crippen LogP contribution >= 0.6 is 15.9 Å². The van der Waals surface area contributed by atoms with Gasteiger partial charge in [0.2, 0.25) is 0 Å². The summed E-state index contributed by atoms with van der Waals surface area (Å²) in [6.07, 6.45) is 0.798. The number of anilines is 1. The van der Waals surface area contributed by atoms with Gasteiger partial charge in [0.15, 0.2) is 0 Å². The molecule has 0 bridgehead atoms. The van der Waals surface area contributed by atoms with Crippen LogP contribution in [-0.2, 0) is 6.42 Å². The third-order valence-electron chi connectivity index (χ3n) is 4.44. The molecule has 0 spiro atoms. The largest absolute Gasteiger partial charge is 0.492 e. The maximum atomic E-state index is 12.7. The lowest BCUT2D eigenvalue weighted by molar-refractivity contribution is 0.0956. The first kappa shape index (κ1) is 21.6. The highest BCUT2D eigenvalue weighted by Gasteiger charge is 2.14. The van der Waals surface area contributed by atoms with E-state index < -0.39 is 0 Å². The molecule has 0 saturated carbocycles. The zero-order valence-corrected chi connectivity index (χ0v) is 18.2. The molecule has 6 heteroatoms. The van der Waals surface area contributed by atoms with E-state index in [0.29, 0.717) is 40.2 Å². The van der Waals surface area contributed by atoms with E-state index in [1.54, 1.807) is 42.5 Å². The van der Waals surface area contributed by atoms with Crippen molar-refractivity contribution in [3.63, 3.8) is 0 Å². The Morgan fingerprint density at radius 2 is 1.67 bits per heavy atom. The molecule has 0 unspecified atom stereocenters. The molecule has 3 aromatic carbocycles. The Kier molecular flexibility index (Phi) is 7.63. The molecule has 5 nitrogen and oxygen atoms in total. The van der Waals surface area contributed by atoms with Gasteiger partial charge in [0.1, 0.15) is 5.75 Å². The van der Waals surface area contributed by atoms with Crippen LogP contribution in [0.25, 0.3) is 0 Å². The number of para-hydroxylation sites is 1. The highest BCUT2D eigenvalue weighted by Crippen LogP contribution is 2.27. The highest BCUT2D eigenvalue weighted by atomic mass is 79.9. The summed E-state index contributed by atoms with van der Waals surface area (Å²) in [5, 5.41) is 5.56. The number of nitrogens with one attached hydrogen (secondary N) is 2. The minimum Gasteiger partial charge on any atom is -0.492 e. The summed E-state index contributed by atoms with van der Waals surface area (Å²) < 4.78 is 6.53. The van der Waals surface area contributed by atoms with Gasteiger partial charge in [-0.3, -0.25) is 9.59 Å². The zero-order chi connectivity index (χ0) is 21.3. The Morgan fingerprint density at radius 3 is 2.40 bits per heavy atom. The molecular weight excluding hydrogens is 444 g/mol. The fourth-order valence-electron chi connectivity index (χ4n) is 2.92. The van der Waals surface area contributed by atoms with Gasteiger partial charge >= 0.3 is 0 Å². The average molecular weight is 467 g/mol. The van der Waals surface area contributed by atoms with Crippen LogP contribution in [0.15, 0.2) is 77.3 Å². The van der Waals surface area contributed by atoms with E-state index in [2.05, 4.69) is 38.7 Å². The molecule has 154 valence electrons. The molecule has 30 heavy (non-hydrogen) atoms. The quantitative estimate of drug-likeness (QED) is 0.486. The SMILES string of the molecule is CCNC(=O)c1ccccc1NC(=O)c1ccc(OCCc2ccccc2)c(Br)c1. The van der Waals surface area contributed by atoms with E-state index in [9.17, 15) is 9.59 Å². The van der Waals surface area contributed by atoms with Crippen LogP contribution in [-0.4, -0.2) is 25.0 Å². The van der Waals surface area contributed by atoms with E-state index in [4.69, 9.17) is 4.74 Å². The number of carbonyl (C=O) groups excluding carboxylic acids is 2. The first-order valence-corrected chi connectivity index (χ1v) is 10.5. The number of hydrogen-bond donors (Lipinski definition) is 2. The molecule has 0 fully saturated rings. The summed E-state index contributed by atoms with van der Waals surface area (Å²) in [6, 6.07) is 22.2. The number of hydrogen-bond acceptors (Lipinski definition) is 3. The van der Waals surface area contributed by atoms with Crippen LogP contribution < -0.4 is 15.4 Å². The van der Waals surface area contributed by atoms with Gasteiger partial charge in [0, 0.05) is 18.5 Å². The van der Waals surface area contributed by atoms with Crippen molar-refractivity contribution >= 4 is 33.4 Å². The van der Waals surface area contributed by atoms with Crippen LogP contribution in [0.5, 0.6) is 5.75 Å². The van der Waals surface area contributed by atoms with Crippen LogP contribution in [0.4, 0.5) is 5.69 Å². The first-order valence-electron chi connectivity index (χ1n) is 9.73. The van der Waals surface area contributed by atoms with Crippen molar-refractivity contribution in [2.75, 3.05) is 18.5 Å². The van der Waals surface area contributed by atoms with Crippen LogP contribution in [0.1, 0.15) is 33.2 Å². The normalized spacial score (nSPS) is 10.3. The minimum absolute atomic E-state index is 0.225. The van der Waals surface area contributed by atoms with Gasteiger partial charge in [-0.15, -0.1) is 0 Å². The fourth-order valence-corrected chi connectivity index (χ4v) is 3.42. The molecule has 0 aliphatic rings. The maximum Gasteiger partial charge on any atom is 0.255 e. The van der Waals surface area contributed by atoms with Crippen molar-refractivity contribution in [2.24, 2.45) is 0 Å². The summed E-state index contributed by atoms with van der Waals surface area (Å²) in [5.41, 5.74) is 2.55. The molecule has 0 aliphatic carbocycles. The Bertz CT molecular complexity index is 1020. The Labute approximate surface area is 184 Å². The lowest BCUT2D eigenvalue weighted by Gasteiger charge is -2.12. The Hall–Kier alpha value is -3.12. The topological polar surface area (TPSA) is 67.4 Å². The number of benzene rings is 3. The molecular formula is C24H23BrN2O3. The van der Waals surface area contributed by atoms with Crippen LogP contribution in [0.3, 0.4) is 0 Å². The lowest BCUT2D eigenvalue weighted by atomic mass is 10.1. The number of halogens is 1. The molecule has 0 radical (unpaired) electrons. The summed E-state index contributed by atoms with van der Waals surface area (Å²) in [6.45, 7) is 2.90. The number of rotatable bonds is 8. The third kappa shape index (κ3) is 5.70.